The summed E-state index contributed by atoms with van der Waals surface area (Å²) in [5.74, 6) is 0. The number of fused-ring (bicyclic) bond motifs is 12. The molecular weight excluding hydrogens is 845 g/mol. The third-order valence-electron chi connectivity index (χ3n) is 13.8. The van der Waals surface area contributed by atoms with Gasteiger partial charge in [-0.2, -0.15) is 0 Å². The molecule has 13 aromatic carbocycles. The average molecular weight is 895 g/mol. The van der Waals surface area contributed by atoms with E-state index in [9.17, 15) is 8.22 Å². The lowest BCUT2D eigenvalue weighted by Gasteiger charge is -2.14. The lowest BCUT2D eigenvalue weighted by Crippen LogP contribution is -1.90. The van der Waals surface area contributed by atoms with E-state index in [4.69, 9.17) is 2.74 Å². The number of rotatable bonds is 6. The van der Waals surface area contributed by atoms with E-state index in [1.807, 2.05) is 84.9 Å². The zero-order valence-corrected chi connectivity index (χ0v) is 37.5. The van der Waals surface area contributed by atoms with Gasteiger partial charge in [-0.3, -0.25) is 9.97 Å². The van der Waals surface area contributed by atoms with Crippen LogP contribution < -0.4 is 0 Å². The van der Waals surface area contributed by atoms with E-state index in [2.05, 4.69) is 131 Å². The second-order valence-corrected chi connectivity index (χ2v) is 17.9. The van der Waals surface area contributed by atoms with E-state index in [0.717, 1.165) is 66.1 Å². The fourth-order valence-corrected chi connectivity index (χ4v) is 10.3. The first-order chi connectivity index (χ1) is 38.0. The van der Waals surface area contributed by atoms with Crippen molar-refractivity contribution in [2.45, 2.75) is 0 Å². The summed E-state index contributed by atoms with van der Waals surface area (Å²) < 4.78 is 75.8. The van der Waals surface area contributed by atoms with Gasteiger partial charge in [-0.1, -0.05) is 194 Å². The Kier molecular flexibility index (Phi) is 7.53. The van der Waals surface area contributed by atoms with Crippen molar-refractivity contribution < 1.29 is 11.0 Å². The van der Waals surface area contributed by atoms with Gasteiger partial charge in [0.05, 0.1) is 22.0 Å². The van der Waals surface area contributed by atoms with E-state index < -0.39 is 12.3 Å². The number of nitrogens with zero attached hydrogens (tertiary/aromatic N) is 2. The molecule has 0 unspecified atom stereocenters. The molecular formula is C68H42N2. The van der Waals surface area contributed by atoms with Crippen molar-refractivity contribution in [3.05, 3.63) is 255 Å². The van der Waals surface area contributed by atoms with Crippen LogP contribution in [0.1, 0.15) is 11.0 Å². The van der Waals surface area contributed by atoms with Crippen LogP contribution in [0, 0.1) is 0 Å². The molecule has 0 atom stereocenters. The maximum absolute atomic E-state index is 10.1. The van der Waals surface area contributed by atoms with Crippen molar-refractivity contribution in [2.75, 3.05) is 0 Å². The molecule has 14 rings (SSSR count). The number of aromatic nitrogens is 2. The molecule has 0 bridgehead atoms. The molecule has 0 fully saturated rings. The summed E-state index contributed by atoms with van der Waals surface area (Å²) in [7, 11) is 0. The minimum atomic E-state index is -0.480. The zero-order chi connectivity index (χ0) is 53.1. The molecule has 14 aromatic rings. The summed E-state index contributed by atoms with van der Waals surface area (Å²) in [5.41, 5.74) is 8.87. The van der Waals surface area contributed by atoms with Crippen LogP contribution in [0.4, 0.5) is 0 Å². The Morgan fingerprint density at radius 2 is 0.543 bits per heavy atom. The molecule has 1 heterocycles. The Labute approximate surface area is 416 Å². The van der Waals surface area contributed by atoms with Gasteiger partial charge in [0.1, 0.15) is 0 Å². The first-order valence-electron chi connectivity index (χ1n) is 27.4. The van der Waals surface area contributed by atoms with Crippen LogP contribution in [0.25, 0.3) is 142 Å². The summed E-state index contributed by atoms with van der Waals surface area (Å²) in [4.78, 5) is 8.85. The van der Waals surface area contributed by atoms with Crippen LogP contribution in [0.3, 0.4) is 0 Å². The zero-order valence-electron chi connectivity index (χ0n) is 45.5. The Morgan fingerprint density at radius 3 is 0.929 bits per heavy atom. The van der Waals surface area contributed by atoms with Gasteiger partial charge in [-0.05, 0) is 169 Å². The van der Waals surface area contributed by atoms with Gasteiger partial charge >= 0.3 is 0 Å². The highest BCUT2D eigenvalue weighted by Gasteiger charge is 2.15. The summed E-state index contributed by atoms with van der Waals surface area (Å²) >= 11 is 0. The van der Waals surface area contributed by atoms with Crippen molar-refractivity contribution >= 4 is 75.7 Å². The topological polar surface area (TPSA) is 25.8 Å². The minimum Gasteiger partial charge on any atom is -0.252 e. The second kappa shape index (κ2) is 16.2. The molecule has 2 nitrogen and oxygen atoms in total. The van der Waals surface area contributed by atoms with Gasteiger partial charge in [0.15, 0.2) is 0 Å². The van der Waals surface area contributed by atoms with Crippen molar-refractivity contribution in [1.29, 1.82) is 0 Å². The van der Waals surface area contributed by atoms with Crippen LogP contribution in [-0.4, -0.2) is 9.97 Å². The third-order valence-corrected chi connectivity index (χ3v) is 13.8. The van der Waals surface area contributed by atoms with E-state index in [1.165, 1.54) is 21.5 Å². The predicted octanol–water partition coefficient (Wildman–Crippen LogP) is 18.6. The largest absolute Gasteiger partial charge is 0.252 e. The van der Waals surface area contributed by atoms with Crippen molar-refractivity contribution in [2.24, 2.45) is 0 Å². The Hall–Kier alpha value is -9.24. The third kappa shape index (κ3) is 6.80. The molecule has 0 aliphatic rings. The molecule has 0 spiro atoms. The Balaban J connectivity index is 0.920. The summed E-state index contributed by atoms with van der Waals surface area (Å²) in [6.07, 6.45) is -0.959. The summed E-state index contributed by atoms with van der Waals surface area (Å²) in [6, 6.07) is 68.5. The van der Waals surface area contributed by atoms with Crippen LogP contribution >= 0.6 is 0 Å². The molecule has 0 radical (unpaired) electrons. The van der Waals surface area contributed by atoms with Crippen LogP contribution in [-0.2, 0) is 0 Å². The molecule has 0 saturated heterocycles. The predicted molar refractivity (Wildman–Crippen MR) is 297 cm³/mol. The van der Waals surface area contributed by atoms with E-state index in [-0.39, 0.29) is 80.0 Å². The van der Waals surface area contributed by atoms with Gasteiger partial charge in [0.2, 0.25) is 0 Å². The normalized spacial score (nSPS) is 13.3. The first kappa shape index (κ1) is 32.5. The van der Waals surface area contributed by atoms with Gasteiger partial charge in [0, 0.05) is 23.1 Å². The monoisotopic (exact) mass is 894 g/mol. The maximum Gasteiger partial charge on any atom is 0.0971 e. The fourth-order valence-electron chi connectivity index (χ4n) is 10.3. The van der Waals surface area contributed by atoms with Crippen molar-refractivity contribution in [3.8, 4) is 66.8 Å². The molecule has 0 N–H and O–H groups in total. The molecule has 70 heavy (non-hydrogen) atoms. The van der Waals surface area contributed by atoms with Gasteiger partial charge in [-0.25, -0.2) is 0 Å². The van der Waals surface area contributed by atoms with Gasteiger partial charge in [-0.15, -0.1) is 0 Å². The Bertz CT molecular complexity index is 4610. The lowest BCUT2D eigenvalue weighted by atomic mass is 9.91. The highest BCUT2D eigenvalue weighted by molar-refractivity contribution is 6.24. The minimum absolute atomic E-state index is 0.0214. The lowest BCUT2D eigenvalue weighted by molar-refractivity contribution is 1.31. The van der Waals surface area contributed by atoms with Crippen LogP contribution in [0.5, 0.6) is 0 Å². The van der Waals surface area contributed by atoms with Crippen LogP contribution in [0.15, 0.2) is 255 Å². The van der Waals surface area contributed by atoms with Gasteiger partial charge in [0.25, 0.3) is 0 Å². The molecule has 324 valence electrons. The smallest absolute Gasteiger partial charge is 0.0971 e. The molecule has 0 amide bonds. The van der Waals surface area contributed by atoms with Gasteiger partial charge < -0.3 is 0 Å². The number of benzene rings is 13. The fraction of sp³-hybridized carbons (Fsp3) is 0. The van der Waals surface area contributed by atoms with Crippen LogP contribution in [0.2, 0.25) is 0 Å². The number of hydrogen-bond donors (Lipinski definition) is 0. The Morgan fingerprint density at radius 1 is 0.229 bits per heavy atom. The summed E-state index contributed by atoms with van der Waals surface area (Å²) in [6.45, 7) is 0. The first-order valence-corrected chi connectivity index (χ1v) is 23.4. The van der Waals surface area contributed by atoms with E-state index >= 15 is 0 Å². The molecule has 1 aromatic heterocycles. The van der Waals surface area contributed by atoms with E-state index in [1.54, 1.807) is 0 Å². The SMILES string of the molecule is [2H]c1nc2c(nc1[2H])c1c([2H])c([2H])c(-c3cccc(-c4cccc(-c5ccc6ccc7ccccc7c6c5)c4)c3)c([2H])c1c1c([2H])c(-c3cccc(-c4cccc(-c5ccc6ccc7ccccc7c6c5)c4)c3)c([2H])c([2H])c21. The van der Waals surface area contributed by atoms with Crippen molar-refractivity contribution in [1.82, 2.24) is 9.97 Å². The number of hydrogen-bond acceptors (Lipinski definition) is 2. The van der Waals surface area contributed by atoms with E-state index in [0.29, 0.717) is 11.1 Å². The quantitative estimate of drug-likeness (QED) is 0.155. The highest BCUT2D eigenvalue weighted by atomic mass is 14.8. The molecule has 0 aliphatic carbocycles. The highest BCUT2D eigenvalue weighted by Crippen LogP contribution is 2.40. The molecule has 0 saturated carbocycles. The molecule has 0 aliphatic heterocycles. The average Bonchev–Trinajstić information content (AvgIpc) is 3.48. The second-order valence-electron chi connectivity index (χ2n) is 17.9. The molecule has 2 heteroatoms. The van der Waals surface area contributed by atoms with Crippen molar-refractivity contribution in [3.63, 3.8) is 0 Å². The maximum atomic E-state index is 10.1. The standard InChI is InChI=1S/C68H42N2/c1-3-19-59-43(9-1)21-23-45-25-27-55(39-63(45)59)51-15-5-11-47(35-51)49-13-7-17-53(37-49)57-29-31-61-65(41-57)66-42-58(30-32-62(66)68-67(61)69-33-34-70-68)54-18-8-14-50(38-54)48-12-6-16-52(36-48)56-28-26-46-24-22-44-10-2-4-20-60(44)64(46)40-56/h1-42H/i29D,30D,31D,32D,33D,34D,41D,42D. The summed E-state index contributed by atoms with van der Waals surface area (Å²) in [5, 5.41) is 9.57.